The Hall–Kier alpha value is -3.02. The molecule has 6 atom stereocenters. The number of rotatable bonds is 10. The molecule has 37 heavy (non-hydrogen) atoms. The number of ether oxygens (including phenoxy) is 1. The molecule has 0 unspecified atom stereocenters. The molecular formula is C32H36FNO3. The number of carbonyl (C=O) groups excluding carboxylic acids is 1. The summed E-state index contributed by atoms with van der Waals surface area (Å²) in [6.07, 6.45) is -0.552. The highest BCUT2D eigenvalue weighted by atomic mass is 19.1. The lowest BCUT2D eigenvalue weighted by Crippen LogP contribution is -2.47. The van der Waals surface area contributed by atoms with Gasteiger partial charge in [0.15, 0.2) is 6.17 Å². The summed E-state index contributed by atoms with van der Waals surface area (Å²) in [6, 6.07) is 29.1. The number of aliphatic hydroxyl groups excluding tert-OH is 1. The van der Waals surface area contributed by atoms with Crippen molar-refractivity contribution in [3.63, 3.8) is 0 Å². The first kappa shape index (κ1) is 25.6. The van der Waals surface area contributed by atoms with Gasteiger partial charge in [0.25, 0.3) is 0 Å². The second kappa shape index (κ2) is 10.4. The summed E-state index contributed by atoms with van der Waals surface area (Å²) >= 11 is 0. The largest absolute Gasteiger partial charge is 0.458 e. The maximum Gasteiger partial charge on any atom is 0.319 e. The van der Waals surface area contributed by atoms with Crippen molar-refractivity contribution in [3.05, 3.63) is 108 Å². The average Bonchev–Trinajstić information content (AvgIpc) is 3.62. The summed E-state index contributed by atoms with van der Waals surface area (Å²) in [4.78, 5) is 15.7. The zero-order chi connectivity index (χ0) is 26.0. The summed E-state index contributed by atoms with van der Waals surface area (Å²) in [5.41, 5.74) is 1.32. The number of aliphatic hydroxyl groups is 1. The summed E-state index contributed by atoms with van der Waals surface area (Å²) in [5.74, 6) is -0.444. The number of hydrogen-bond donors (Lipinski definition) is 1. The first-order valence-electron chi connectivity index (χ1n) is 13.3. The van der Waals surface area contributed by atoms with Gasteiger partial charge in [0.2, 0.25) is 0 Å². The van der Waals surface area contributed by atoms with Gasteiger partial charge in [-0.25, -0.2) is 4.39 Å². The van der Waals surface area contributed by atoms with Gasteiger partial charge in [-0.15, -0.1) is 0 Å². The van der Waals surface area contributed by atoms with Gasteiger partial charge < -0.3 is 9.84 Å². The van der Waals surface area contributed by atoms with E-state index in [1.165, 1.54) is 0 Å². The van der Waals surface area contributed by atoms with Crippen LogP contribution in [0, 0.1) is 11.3 Å². The standard InChI is InChI=1S/C32H36FNO3/c1-3-32-19-26(32)28(34(20-23-13-7-4-8-14-23)21-24-15-9-5-10-16-24)27(33)29(32)37-30(36)31(2,22-35)25-17-11-6-12-18-25/h4-18,26-29,35H,3,19-22H2,1-2H3/t26-,27-,28-,29+,31-,32-/m1/s1. The minimum Gasteiger partial charge on any atom is -0.458 e. The highest BCUT2D eigenvalue weighted by Gasteiger charge is 2.73. The Morgan fingerprint density at radius 1 is 0.973 bits per heavy atom. The SMILES string of the molecule is CC[C@@]12C[C@@H]1[C@@H](N(Cc1ccccc1)Cc1ccccc1)[C@@H](F)[C@@H]2OC(=O)[C@](C)(CO)c1ccccc1. The lowest BCUT2D eigenvalue weighted by atomic mass is 9.83. The van der Waals surface area contributed by atoms with Crippen LogP contribution in [0.2, 0.25) is 0 Å². The zero-order valence-electron chi connectivity index (χ0n) is 21.6. The molecule has 3 aromatic rings. The van der Waals surface area contributed by atoms with Gasteiger partial charge in [0.05, 0.1) is 6.61 Å². The van der Waals surface area contributed by atoms with Crippen molar-refractivity contribution in [2.75, 3.05) is 6.61 Å². The Bertz CT molecular complexity index is 1150. The maximum absolute atomic E-state index is 16.5. The predicted octanol–water partition coefficient (Wildman–Crippen LogP) is 5.69. The van der Waals surface area contributed by atoms with Crippen LogP contribution >= 0.6 is 0 Å². The summed E-state index contributed by atoms with van der Waals surface area (Å²) in [6.45, 7) is 4.58. The average molecular weight is 502 g/mol. The molecule has 4 nitrogen and oxygen atoms in total. The van der Waals surface area contributed by atoms with Crippen LogP contribution in [-0.4, -0.2) is 40.9 Å². The highest BCUT2D eigenvalue weighted by Crippen LogP contribution is 2.68. The van der Waals surface area contributed by atoms with Crippen molar-refractivity contribution in [2.45, 2.75) is 63.5 Å². The topological polar surface area (TPSA) is 49.8 Å². The van der Waals surface area contributed by atoms with E-state index in [2.05, 4.69) is 36.1 Å². The van der Waals surface area contributed by atoms with Crippen LogP contribution in [0.5, 0.6) is 0 Å². The van der Waals surface area contributed by atoms with Gasteiger partial charge >= 0.3 is 5.97 Å². The minimum atomic E-state index is -1.31. The maximum atomic E-state index is 16.5. The molecule has 2 fully saturated rings. The van der Waals surface area contributed by atoms with Crippen LogP contribution < -0.4 is 0 Å². The van der Waals surface area contributed by atoms with Crippen LogP contribution in [0.15, 0.2) is 91.0 Å². The Balaban J connectivity index is 1.42. The number of alkyl halides is 1. The molecule has 2 aliphatic rings. The number of esters is 1. The van der Waals surface area contributed by atoms with Crippen LogP contribution in [0.25, 0.3) is 0 Å². The fourth-order valence-corrected chi connectivity index (χ4v) is 6.33. The summed E-state index contributed by atoms with van der Waals surface area (Å²) < 4.78 is 22.6. The zero-order valence-corrected chi connectivity index (χ0v) is 21.6. The molecule has 0 radical (unpaired) electrons. The Morgan fingerprint density at radius 2 is 1.49 bits per heavy atom. The first-order valence-corrected chi connectivity index (χ1v) is 13.3. The van der Waals surface area contributed by atoms with E-state index >= 15 is 4.39 Å². The van der Waals surface area contributed by atoms with Crippen molar-refractivity contribution < 1.29 is 19.0 Å². The molecule has 0 aromatic heterocycles. The molecule has 0 bridgehead atoms. The van der Waals surface area contributed by atoms with Gasteiger partial charge in [-0.2, -0.15) is 0 Å². The van der Waals surface area contributed by atoms with E-state index in [1.807, 2.05) is 54.6 Å². The first-order chi connectivity index (χ1) is 17.9. The molecule has 2 aliphatic carbocycles. The molecule has 0 saturated heterocycles. The molecule has 0 aliphatic heterocycles. The van der Waals surface area contributed by atoms with Crippen LogP contribution in [-0.2, 0) is 28.0 Å². The smallest absolute Gasteiger partial charge is 0.319 e. The normalized spacial score (nSPS) is 27.9. The lowest BCUT2D eigenvalue weighted by Gasteiger charge is -2.35. The fourth-order valence-electron chi connectivity index (χ4n) is 6.33. The monoisotopic (exact) mass is 501 g/mol. The van der Waals surface area contributed by atoms with E-state index in [9.17, 15) is 9.90 Å². The molecule has 2 saturated carbocycles. The van der Waals surface area contributed by atoms with E-state index in [0.29, 0.717) is 18.7 Å². The molecular weight excluding hydrogens is 465 g/mol. The fraction of sp³-hybridized carbons (Fsp3) is 0.406. The third-order valence-electron chi connectivity index (χ3n) is 8.72. The molecule has 3 aromatic carbocycles. The van der Waals surface area contributed by atoms with E-state index in [4.69, 9.17) is 4.74 Å². The Kier molecular flexibility index (Phi) is 7.19. The quantitative estimate of drug-likeness (QED) is 0.363. The number of halogens is 1. The predicted molar refractivity (Wildman–Crippen MR) is 142 cm³/mol. The van der Waals surface area contributed by atoms with E-state index < -0.39 is 30.3 Å². The van der Waals surface area contributed by atoms with Gasteiger partial charge in [-0.3, -0.25) is 9.69 Å². The number of hydrogen-bond acceptors (Lipinski definition) is 4. The molecule has 1 N–H and O–H groups in total. The molecule has 0 amide bonds. The second-order valence-corrected chi connectivity index (χ2v) is 10.9. The van der Waals surface area contributed by atoms with Crippen molar-refractivity contribution in [2.24, 2.45) is 11.3 Å². The molecule has 0 heterocycles. The Labute approximate surface area is 219 Å². The van der Waals surface area contributed by atoms with Gasteiger partial charge in [0.1, 0.15) is 11.5 Å². The number of fused-ring (bicyclic) bond motifs is 1. The third kappa shape index (κ3) is 4.71. The van der Waals surface area contributed by atoms with E-state index in [0.717, 1.165) is 24.0 Å². The van der Waals surface area contributed by atoms with Crippen molar-refractivity contribution in [1.82, 2.24) is 4.90 Å². The lowest BCUT2D eigenvalue weighted by molar-refractivity contribution is -0.165. The molecule has 5 rings (SSSR count). The van der Waals surface area contributed by atoms with E-state index in [-0.39, 0.29) is 17.4 Å². The van der Waals surface area contributed by atoms with Crippen LogP contribution in [0.1, 0.15) is 43.4 Å². The number of carbonyl (C=O) groups is 1. The van der Waals surface area contributed by atoms with Gasteiger partial charge in [-0.05, 0) is 42.4 Å². The van der Waals surface area contributed by atoms with Gasteiger partial charge in [-0.1, -0.05) is 97.9 Å². The van der Waals surface area contributed by atoms with Crippen molar-refractivity contribution in [1.29, 1.82) is 0 Å². The van der Waals surface area contributed by atoms with Crippen molar-refractivity contribution >= 4 is 5.97 Å². The minimum absolute atomic E-state index is 0.120. The van der Waals surface area contributed by atoms with Crippen molar-refractivity contribution in [3.8, 4) is 0 Å². The van der Waals surface area contributed by atoms with Crippen LogP contribution in [0.3, 0.4) is 0 Å². The molecule has 5 heteroatoms. The molecule has 0 spiro atoms. The third-order valence-corrected chi connectivity index (χ3v) is 8.72. The summed E-state index contributed by atoms with van der Waals surface area (Å²) in [7, 11) is 0. The highest BCUT2D eigenvalue weighted by molar-refractivity contribution is 5.83. The van der Waals surface area contributed by atoms with E-state index in [1.54, 1.807) is 19.1 Å². The second-order valence-electron chi connectivity index (χ2n) is 10.9. The number of nitrogens with zero attached hydrogens (tertiary/aromatic N) is 1. The Morgan fingerprint density at radius 3 is 1.97 bits per heavy atom. The number of benzene rings is 3. The molecule has 194 valence electrons. The van der Waals surface area contributed by atoms with Crippen LogP contribution in [0.4, 0.5) is 4.39 Å². The van der Waals surface area contributed by atoms with Gasteiger partial charge in [0, 0.05) is 24.5 Å². The summed E-state index contributed by atoms with van der Waals surface area (Å²) in [5, 5.41) is 10.2.